The summed E-state index contributed by atoms with van der Waals surface area (Å²) in [5, 5.41) is 12.6. The number of aryl methyl sites for hydroxylation is 1. The fourth-order valence-electron chi connectivity index (χ4n) is 5.07. The van der Waals surface area contributed by atoms with E-state index in [1.54, 1.807) is 24.8 Å². The number of nitrogens with one attached hydrogen (secondary N) is 1. The van der Waals surface area contributed by atoms with Crippen molar-refractivity contribution in [3.63, 3.8) is 0 Å². The van der Waals surface area contributed by atoms with Gasteiger partial charge in [0.15, 0.2) is 5.11 Å². The van der Waals surface area contributed by atoms with E-state index in [4.69, 9.17) is 22.2 Å². The highest BCUT2D eigenvalue weighted by atomic mass is 32.1. The van der Waals surface area contributed by atoms with Crippen molar-refractivity contribution >= 4 is 34.6 Å². The number of nitriles is 1. The van der Waals surface area contributed by atoms with Crippen molar-refractivity contribution in [3.05, 3.63) is 53.1 Å². The molecular formula is C28H32F3N5O2S. The van der Waals surface area contributed by atoms with Gasteiger partial charge < -0.3 is 15.0 Å². The standard InChI is InChI=1S/C28H32F3N5O2S/c1-5-19-14-22(8-9-24(19)38-13-12-34-11-10-33-17-18(34)2)36-26(39)35(25(37)27(36,3)4)21-7-6-20(16-32)23(15-21)28(29,30)31/h6-9,14-15,18,33H,5,10-13,17H2,1-4H3/t18-/m0/s1. The number of ether oxygens (including phenoxy) is 1. The van der Waals surface area contributed by atoms with Crippen LogP contribution in [0.1, 0.15) is 44.4 Å². The zero-order chi connectivity index (χ0) is 28.5. The minimum absolute atomic E-state index is 0.0373. The molecule has 2 aliphatic heterocycles. The first-order chi connectivity index (χ1) is 18.4. The summed E-state index contributed by atoms with van der Waals surface area (Å²) in [7, 11) is 0. The molecule has 0 spiro atoms. The normalized spacial score (nSPS) is 19.9. The molecule has 1 atom stereocenters. The molecule has 1 amide bonds. The first kappa shape index (κ1) is 28.8. The Morgan fingerprint density at radius 2 is 1.92 bits per heavy atom. The quantitative estimate of drug-likeness (QED) is 0.492. The Bertz CT molecular complexity index is 1310. The number of carbonyl (C=O) groups is 1. The number of piperazine rings is 1. The van der Waals surface area contributed by atoms with Gasteiger partial charge in [-0.3, -0.25) is 14.6 Å². The highest BCUT2D eigenvalue weighted by molar-refractivity contribution is 7.81. The molecule has 2 aromatic rings. The van der Waals surface area contributed by atoms with Crippen molar-refractivity contribution in [3.8, 4) is 11.8 Å². The summed E-state index contributed by atoms with van der Waals surface area (Å²) in [5.41, 5.74) is -1.25. The van der Waals surface area contributed by atoms with Gasteiger partial charge in [0.25, 0.3) is 5.91 Å². The summed E-state index contributed by atoms with van der Waals surface area (Å²) in [6.07, 6.45) is -4.08. The molecule has 11 heteroatoms. The van der Waals surface area contributed by atoms with Gasteiger partial charge in [-0.05, 0) is 81.4 Å². The second-order valence-electron chi connectivity index (χ2n) is 10.2. The molecule has 0 radical (unpaired) electrons. The van der Waals surface area contributed by atoms with Crippen molar-refractivity contribution in [2.45, 2.75) is 51.9 Å². The summed E-state index contributed by atoms with van der Waals surface area (Å²) < 4.78 is 47.0. The van der Waals surface area contributed by atoms with E-state index in [0.29, 0.717) is 24.8 Å². The summed E-state index contributed by atoms with van der Waals surface area (Å²) in [6, 6.07) is 10.8. The molecule has 2 aromatic carbocycles. The Balaban J connectivity index is 1.59. The molecule has 2 aliphatic rings. The van der Waals surface area contributed by atoms with E-state index in [9.17, 15) is 18.0 Å². The minimum Gasteiger partial charge on any atom is -0.492 e. The Morgan fingerprint density at radius 1 is 1.21 bits per heavy atom. The molecule has 2 heterocycles. The summed E-state index contributed by atoms with van der Waals surface area (Å²) in [6.45, 7) is 11.8. The third-order valence-corrected chi connectivity index (χ3v) is 7.68. The van der Waals surface area contributed by atoms with Gasteiger partial charge in [-0.15, -0.1) is 0 Å². The number of anilines is 2. The van der Waals surface area contributed by atoms with E-state index in [2.05, 4.69) is 17.1 Å². The zero-order valence-electron chi connectivity index (χ0n) is 22.4. The third kappa shape index (κ3) is 5.60. The monoisotopic (exact) mass is 559 g/mol. The lowest BCUT2D eigenvalue weighted by Gasteiger charge is -2.33. The summed E-state index contributed by atoms with van der Waals surface area (Å²) in [4.78, 5) is 18.6. The molecule has 0 aromatic heterocycles. The molecule has 39 heavy (non-hydrogen) atoms. The lowest BCUT2D eigenvalue weighted by atomic mass is 10.0. The fourth-order valence-corrected chi connectivity index (χ4v) is 5.59. The Morgan fingerprint density at radius 3 is 2.56 bits per heavy atom. The molecule has 4 rings (SSSR count). The topological polar surface area (TPSA) is 71.8 Å². The highest BCUT2D eigenvalue weighted by Gasteiger charge is 2.50. The molecule has 7 nitrogen and oxygen atoms in total. The van der Waals surface area contributed by atoms with Crippen molar-refractivity contribution in [2.75, 3.05) is 42.6 Å². The minimum atomic E-state index is -4.75. The maximum atomic E-state index is 13.6. The van der Waals surface area contributed by atoms with Crippen LogP contribution in [-0.4, -0.2) is 60.3 Å². The summed E-state index contributed by atoms with van der Waals surface area (Å²) in [5.74, 6) is 0.283. The number of halogens is 3. The molecular weight excluding hydrogens is 527 g/mol. The molecule has 0 bridgehead atoms. The van der Waals surface area contributed by atoms with E-state index < -0.39 is 28.7 Å². The van der Waals surface area contributed by atoms with Crippen LogP contribution in [0.25, 0.3) is 0 Å². The van der Waals surface area contributed by atoms with Crippen molar-refractivity contribution in [1.82, 2.24) is 10.2 Å². The Kier molecular flexibility index (Phi) is 8.21. The van der Waals surface area contributed by atoms with E-state index in [1.807, 2.05) is 25.1 Å². The molecule has 2 saturated heterocycles. The third-order valence-electron chi connectivity index (χ3n) is 7.31. The van der Waals surface area contributed by atoms with E-state index in [0.717, 1.165) is 54.5 Å². The van der Waals surface area contributed by atoms with Crippen LogP contribution in [-0.2, 0) is 17.4 Å². The van der Waals surface area contributed by atoms with Gasteiger partial charge in [-0.1, -0.05) is 6.92 Å². The van der Waals surface area contributed by atoms with Crippen LogP contribution in [0.4, 0.5) is 24.5 Å². The largest absolute Gasteiger partial charge is 0.492 e. The van der Waals surface area contributed by atoms with Crippen LogP contribution in [0, 0.1) is 11.3 Å². The number of carbonyl (C=O) groups excluding carboxylic acids is 1. The van der Waals surface area contributed by atoms with Gasteiger partial charge in [0.05, 0.1) is 22.9 Å². The first-order valence-corrected chi connectivity index (χ1v) is 13.3. The van der Waals surface area contributed by atoms with Gasteiger partial charge in [-0.2, -0.15) is 18.4 Å². The van der Waals surface area contributed by atoms with Gasteiger partial charge in [0, 0.05) is 37.9 Å². The number of hydrogen-bond donors (Lipinski definition) is 1. The molecule has 0 aliphatic carbocycles. The number of amides is 1. The van der Waals surface area contributed by atoms with E-state index >= 15 is 0 Å². The van der Waals surface area contributed by atoms with Crippen molar-refractivity contribution < 1.29 is 22.7 Å². The lowest BCUT2D eigenvalue weighted by Crippen LogP contribution is -2.50. The molecule has 1 N–H and O–H groups in total. The molecule has 2 fully saturated rings. The van der Waals surface area contributed by atoms with Crippen LogP contribution < -0.4 is 19.9 Å². The van der Waals surface area contributed by atoms with Crippen molar-refractivity contribution in [2.24, 2.45) is 0 Å². The SMILES string of the molecule is CCc1cc(N2C(=S)N(c3ccc(C#N)c(C(F)(F)F)c3)C(=O)C2(C)C)ccc1OCCN1CCNC[C@@H]1C. The van der Waals surface area contributed by atoms with Gasteiger partial charge >= 0.3 is 6.18 Å². The second-order valence-corrected chi connectivity index (χ2v) is 10.6. The van der Waals surface area contributed by atoms with Crippen LogP contribution in [0.2, 0.25) is 0 Å². The number of hydrogen-bond acceptors (Lipinski definition) is 6. The lowest BCUT2D eigenvalue weighted by molar-refractivity contribution is -0.137. The Hall–Kier alpha value is -3.20. The Labute approximate surface area is 232 Å². The predicted molar refractivity (Wildman–Crippen MR) is 148 cm³/mol. The number of alkyl halides is 3. The molecule has 208 valence electrons. The maximum Gasteiger partial charge on any atom is 0.417 e. The number of nitrogens with zero attached hydrogens (tertiary/aromatic N) is 4. The number of thiocarbonyl (C=S) groups is 1. The van der Waals surface area contributed by atoms with Gasteiger partial charge in [-0.25, -0.2) is 0 Å². The highest BCUT2D eigenvalue weighted by Crippen LogP contribution is 2.40. The van der Waals surface area contributed by atoms with E-state index in [-0.39, 0.29) is 10.8 Å². The molecule has 0 saturated carbocycles. The maximum absolute atomic E-state index is 13.6. The van der Waals surface area contributed by atoms with Crippen LogP contribution in [0.3, 0.4) is 0 Å². The number of rotatable bonds is 7. The first-order valence-electron chi connectivity index (χ1n) is 12.9. The predicted octanol–water partition coefficient (Wildman–Crippen LogP) is 4.73. The van der Waals surface area contributed by atoms with Crippen molar-refractivity contribution in [1.29, 1.82) is 5.26 Å². The fraction of sp³-hybridized carbons (Fsp3) is 0.464. The van der Waals surface area contributed by atoms with Crippen LogP contribution in [0.15, 0.2) is 36.4 Å². The van der Waals surface area contributed by atoms with Crippen LogP contribution >= 0.6 is 12.2 Å². The average molecular weight is 560 g/mol. The van der Waals surface area contributed by atoms with Gasteiger partial charge in [0.2, 0.25) is 0 Å². The smallest absolute Gasteiger partial charge is 0.417 e. The second kappa shape index (κ2) is 11.1. The molecule has 0 unspecified atom stereocenters. The zero-order valence-corrected chi connectivity index (χ0v) is 23.2. The van der Waals surface area contributed by atoms with Gasteiger partial charge in [0.1, 0.15) is 17.9 Å². The average Bonchev–Trinajstić information content (AvgIpc) is 3.07. The number of benzene rings is 2. The summed E-state index contributed by atoms with van der Waals surface area (Å²) >= 11 is 5.66. The van der Waals surface area contributed by atoms with Crippen LogP contribution in [0.5, 0.6) is 5.75 Å². The van der Waals surface area contributed by atoms with E-state index in [1.165, 1.54) is 6.07 Å².